The highest BCUT2D eigenvalue weighted by Crippen LogP contribution is 2.31. The maximum atomic E-state index is 12.7. The molecule has 1 aliphatic heterocycles. The van der Waals surface area contributed by atoms with Crippen LogP contribution in [0.2, 0.25) is 0 Å². The first-order valence-corrected chi connectivity index (χ1v) is 5.86. The molecule has 2 rings (SSSR count). The molecule has 2 heterocycles. The number of hydrogen-bond donors (Lipinski definition) is 1. The second kappa shape index (κ2) is 5.05. The number of alkyl halides is 3. The number of halogens is 3. The molecule has 102 valence electrons. The fraction of sp³-hybridized carbons (Fsp3) is 0.500. The third-order valence-corrected chi connectivity index (χ3v) is 3.18. The van der Waals surface area contributed by atoms with Crippen LogP contribution in [-0.2, 0) is 6.18 Å². The van der Waals surface area contributed by atoms with E-state index in [4.69, 9.17) is 5.26 Å². The van der Waals surface area contributed by atoms with Gasteiger partial charge in [0, 0.05) is 19.1 Å². The highest BCUT2D eigenvalue weighted by molar-refractivity contribution is 5.55. The van der Waals surface area contributed by atoms with Crippen molar-refractivity contribution in [3.63, 3.8) is 0 Å². The smallest absolute Gasteiger partial charge is 0.354 e. The topological polar surface area (TPSA) is 52.0 Å². The molecule has 0 radical (unpaired) electrons. The zero-order chi connectivity index (χ0) is 14.0. The van der Waals surface area contributed by atoms with E-state index in [2.05, 4.69) is 10.3 Å². The highest BCUT2D eigenvalue weighted by Gasteiger charge is 2.34. The molecule has 0 amide bonds. The Kier molecular flexibility index (Phi) is 3.62. The minimum Gasteiger partial charge on any atom is -0.354 e. The summed E-state index contributed by atoms with van der Waals surface area (Å²) in [5, 5.41) is 12.1. The van der Waals surface area contributed by atoms with E-state index in [0.29, 0.717) is 13.1 Å². The van der Waals surface area contributed by atoms with E-state index in [9.17, 15) is 13.2 Å². The molecule has 7 heteroatoms. The van der Waals surface area contributed by atoms with Crippen molar-refractivity contribution < 1.29 is 13.2 Å². The van der Waals surface area contributed by atoms with Crippen molar-refractivity contribution in [2.45, 2.75) is 18.6 Å². The second-order valence-electron chi connectivity index (χ2n) is 4.40. The number of likely N-dealkylation sites (N-methyl/N-ethyl adjacent to an activating group) is 1. The van der Waals surface area contributed by atoms with Gasteiger partial charge in [-0.05, 0) is 25.6 Å². The van der Waals surface area contributed by atoms with E-state index >= 15 is 0 Å². The Bertz CT molecular complexity index is 507. The Morgan fingerprint density at radius 2 is 2.21 bits per heavy atom. The molecular weight excluding hydrogens is 257 g/mol. The maximum absolute atomic E-state index is 12.7. The van der Waals surface area contributed by atoms with Crippen LogP contribution in [0.5, 0.6) is 0 Å². The van der Waals surface area contributed by atoms with Gasteiger partial charge in [-0.1, -0.05) is 0 Å². The van der Waals surface area contributed by atoms with Crippen molar-refractivity contribution in [2.24, 2.45) is 0 Å². The molecule has 1 aliphatic rings. The average molecular weight is 270 g/mol. The van der Waals surface area contributed by atoms with E-state index in [1.807, 2.05) is 6.07 Å². The largest absolute Gasteiger partial charge is 0.433 e. The monoisotopic (exact) mass is 270 g/mol. The van der Waals surface area contributed by atoms with Crippen molar-refractivity contribution >= 4 is 5.82 Å². The fourth-order valence-electron chi connectivity index (χ4n) is 2.12. The summed E-state index contributed by atoms with van der Waals surface area (Å²) in [7, 11) is 1.80. The number of pyridine rings is 1. The van der Waals surface area contributed by atoms with E-state index in [1.165, 1.54) is 6.07 Å². The molecule has 0 spiro atoms. The average Bonchev–Trinajstić information content (AvgIpc) is 2.85. The summed E-state index contributed by atoms with van der Waals surface area (Å²) in [4.78, 5) is 5.33. The van der Waals surface area contributed by atoms with Crippen LogP contribution < -0.4 is 10.2 Å². The van der Waals surface area contributed by atoms with Gasteiger partial charge in [0.15, 0.2) is 0 Å². The number of nitriles is 1. The molecule has 1 N–H and O–H groups in total. The zero-order valence-corrected chi connectivity index (χ0v) is 10.3. The van der Waals surface area contributed by atoms with Gasteiger partial charge in [-0.3, -0.25) is 0 Å². The third-order valence-electron chi connectivity index (χ3n) is 3.18. The molecule has 1 saturated heterocycles. The molecule has 0 bridgehead atoms. The molecule has 1 aromatic heterocycles. The number of aromatic nitrogens is 1. The van der Waals surface area contributed by atoms with Gasteiger partial charge in [0.2, 0.25) is 0 Å². The molecule has 1 unspecified atom stereocenters. The van der Waals surface area contributed by atoms with Gasteiger partial charge in [-0.15, -0.1) is 0 Å². The molecular formula is C12H13F3N4. The first-order chi connectivity index (χ1) is 8.95. The van der Waals surface area contributed by atoms with Gasteiger partial charge in [0.25, 0.3) is 0 Å². The standard InChI is InChI=1S/C12H13F3N4/c1-17-9-4-5-19(7-9)11-8(6-16)2-3-10(18-11)12(13,14)15/h2-3,9,17H,4-5,7H2,1H3. The lowest BCUT2D eigenvalue weighted by Gasteiger charge is -2.20. The summed E-state index contributed by atoms with van der Waals surface area (Å²) < 4.78 is 38.0. The lowest BCUT2D eigenvalue weighted by molar-refractivity contribution is -0.141. The molecule has 0 saturated carbocycles. The summed E-state index contributed by atoms with van der Waals surface area (Å²) in [6.07, 6.45) is -3.68. The predicted octanol–water partition coefficient (Wildman–Crippen LogP) is 1.77. The van der Waals surface area contributed by atoms with Crippen LogP contribution >= 0.6 is 0 Å². The van der Waals surface area contributed by atoms with Crippen molar-refractivity contribution in [3.8, 4) is 6.07 Å². The van der Waals surface area contributed by atoms with E-state index in [1.54, 1.807) is 11.9 Å². The summed E-state index contributed by atoms with van der Waals surface area (Å²) >= 11 is 0. The molecule has 19 heavy (non-hydrogen) atoms. The van der Waals surface area contributed by atoms with Crippen LogP contribution in [0.1, 0.15) is 17.7 Å². The summed E-state index contributed by atoms with van der Waals surface area (Å²) in [6, 6.07) is 4.12. The second-order valence-corrected chi connectivity index (χ2v) is 4.40. The third kappa shape index (κ3) is 2.79. The zero-order valence-electron chi connectivity index (χ0n) is 10.3. The minimum absolute atomic E-state index is 0.120. The van der Waals surface area contributed by atoms with E-state index < -0.39 is 11.9 Å². The molecule has 0 aliphatic carbocycles. The number of hydrogen-bond acceptors (Lipinski definition) is 4. The summed E-state index contributed by atoms with van der Waals surface area (Å²) in [5.74, 6) is 0.120. The summed E-state index contributed by atoms with van der Waals surface area (Å²) in [5.41, 5.74) is -0.792. The maximum Gasteiger partial charge on any atom is 0.433 e. The van der Waals surface area contributed by atoms with Crippen molar-refractivity contribution in [1.82, 2.24) is 10.3 Å². The highest BCUT2D eigenvalue weighted by atomic mass is 19.4. The van der Waals surface area contributed by atoms with E-state index in [0.717, 1.165) is 12.5 Å². The normalized spacial score (nSPS) is 19.5. The van der Waals surface area contributed by atoms with Crippen LogP contribution in [0.15, 0.2) is 12.1 Å². The first-order valence-electron chi connectivity index (χ1n) is 5.86. The fourth-order valence-corrected chi connectivity index (χ4v) is 2.12. The van der Waals surface area contributed by atoms with Gasteiger partial charge in [0.1, 0.15) is 17.6 Å². The first kappa shape index (κ1) is 13.6. The van der Waals surface area contributed by atoms with Crippen LogP contribution in [0.3, 0.4) is 0 Å². The van der Waals surface area contributed by atoms with Crippen molar-refractivity contribution in [3.05, 3.63) is 23.4 Å². The van der Waals surface area contributed by atoms with Gasteiger partial charge < -0.3 is 10.2 Å². The Balaban J connectivity index is 2.35. The van der Waals surface area contributed by atoms with Crippen molar-refractivity contribution in [1.29, 1.82) is 5.26 Å². The number of rotatable bonds is 2. The Morgan fingerprint density at radius 3 is 2.74 bits per heavy atom. The van der Waals surface area contributed by atoms with Crippen LogP contribution in [0.25, 0.3) is 0 Å². The van der Waals surface area contributed by atoms with Gasteiger partial charge in [-0.2, -0.15) is 18.4 Å². The van der Waals surface area contributed by atoms with Gasteiger partial charge in [0.05, 0.1) is 5.56 Å². The van der Waals surface area contributed by atoms with Crippen molar-refractivity contribution in [2.75, 3.05) is 25.0 Å². The number of nitrogens with zero attached hydrogens (tertiary/aromatic N) is 3. The Hall–Kier alpha value is -1.81. The quantitative estimate of drug-likeness (QED) is 0.890. The Morgan fingerprint density at radius 1 is 1.47 bits per heavy atom. The van der Waals surface area contributed by atoms with Gasteiger partial charge >= 0.3 is 6.18 Å². The predicted molar refractivity (Wildman–Crippen MR) is 63.6 cm³/mol. The number of anilines is 1. The van der Waals surface area contributed by atoms with Crippen LogP contribution in [-0.4, -0.2) is 31.2 Å². The number of nitrogens with one attached hydrogen (secondary N) is 1. The molecule has 1 atom stereocenters. The minimum atomic E-state index is -4.50. The Labute approximate surface area is 108 Å². The molecule has 0 aromatic carbocycles. The lowest BCUT2D eigenvalue weighted by Crippen LogP contribution is -2.30. The SMILES string of the molecule is CNC1CCN(c2nc(C(F)(F)F)ccc2C#N)C1. The molecule has 4 nitrogen and oxygen atoms in total. The molecule has 1 fully saturated rings. The molecule has 1 aromatic rings. The van der Waals surface area contributed by atoms with Gasteiger partial charge in [-0.25, -0.2) is 4.98 Å². The van der Waals surface area contributed by atoms with Crippen LogP contribution in [0, 0.1) is 11.3 Å². The lowest BCUT2D eigenvalue weighted by atomic mass is 10.2. The van der Waals surface area contributed by atoms with E-state index in [-0.39, 0.29) is 17.4 Å². The summed E-state index contributed by atoms with van der Waals surface area (Å²) in [6.45, 7) is 1.15. The van der Waals surface area contributed by atoms with Crippen LogP contribution in [0.4, 0.5) is 19.0 Å².